The lowest BCUT2D eigenvalue weighted by Gasteiger charge is -2.31. The first-order chi connectivity index (χ1) is 14.8. The highest BCUT2D eigenvalue weighted by atomic mass is 16.5. The Morgan fingerprint density at radius 2 is 2.00 bits per heavy atom. The zero-order valence-corrected chi connectivity index (χ0v) is 18.9. The molecular formula is C22H35N5O4. The van der Waals surface area contributed by atoms with Gasteiger partial charge in [0.05, 0.1) is 6.04 Å². The molecule has 3 rings (SSSR count). The minimum absolute atomic E-state index is 0.00715. The van der Waals surface area contributed by atoms with E-state index in [2.05, 4.69) is 15.8 Å². The van der Waals surface area contributed by atoms with Gasteiger partial charge in [-0.1, -0.05) is 19.0 Å². The Kier molecular flexibility index (Phi) is 8.06. The van der Waals surface area contributed by atoms with Gasteiger partial charge in [-0.25, -0.2) is 0 Å². The Balaban J connectivity index is 1.73. The standard InChI is InChI=1S/C22H35N5O4/c1-15(2)11-20(28)27-10-6-9-26(22(30)19-12-16(3)31-25-19)8-5-4-7-23-21(29)18-13-17(27)14-24-18/h12,15,17-18,24H,4-11,13-14H2,1-3H3,(H,23,29)/t17-,18-/m0/s1. The minimum Gasteiger partial charge on any atom is -0.361 e. The molecule has 31 heavy (non-hydrogen) atoms. The molecule has 3 amide bonds. The van der Waals surface area contributed by atoms with Crippen LogP contribution < -0.4 is 10.6 Å². The molecule has 2 bridgehead atoms. The van der Waals surface area contributed by atoms with Gasteiger partial charge in [-0.3, -0.25) is 14.4 Å². The molecule has 0 unspecified atom stereocenters. The number of hydrogen-bond donors (Lipinski definition) is 2. The first-order valence-corrected chi connectivity index (χ1v) is 11.4. The zero-order chi connectivity index (χ0) is 22.4. The van der Waals surface area contributed by atoms with E-state index in [4.69, 9.17) is 4.52 Å². The quantitative estimate of drug-likeness (QED) is 0.745. The molecule has 9 nitrogen and oxygen atoms in total. The number of aromatic nitrogens is 1. The Hall–Kier alpha value is -2.42. The van der Waals surface area contributed by atoms with E-state index in [0.717, 1.165) is 12.8 Å². The van der Waals surface area contributed by atoms with Crippen LogP contribution in [0.25, 0.3) is 0 Å². The normalized spacial score (nSPS) is 23.5. The highest BCUT2D eigenvalue weighted by Gasteiger charge is 2.35. The molecule has 1 aromatic rings. The van der Waals surface area contributed by atoms with Crippen molar-refractivity contribution in [3.8, 4) is 0 Å². The van der Waals surface area contributed by atoms with E-state index in [9.17, 15) is 14.4 Å². The van der Waals surface area contributed by atoms with E-state index in [1.165, 1.54) is 0 Å². The van der Waals surface area contributed by atoms with Crippen LogP contribution in [0, 0.1) is 12.8 Å². The number of hydrogen-bond acceptors (Lipinski definition) is 6. The predicted octanol–water partition coefficient (Wildman–Crippen LogP) is 1.33. The molecule has 0 spiro atoms. The molecule has 2 atom stereocenters. The highest BCUT2D eigenvalue weighted by molar-refractivity contribution is 5.92. The lowest BCUT2D eigenvalue weighted by molar-refractivity contribution is -0.134. The SMILES string of the molecule is Cc1cc(C(=O)N2CCCCNC(=O)[C@@H]3C[C@@H](CN3)N(C(=O)CC(C)C)CCC2)no1. The third-order valence-electron chi connectivity index (χ3n) is 5.88. The summed E-state index contributed by atoms with van der Waals surface area (Å²) in [6.07, 6.45) is 3.35. The van der Waals surface area contributed by atoms with Gasteiger partial charge < -0.3 is 25.0 Å². The number of carbonyl (C=O) groups excluding carboxylic acids is 3. The molecule has 3 heterocycles. The smallest absolute Gasteiger partial charge is 0.276 e. The Bertz CT molecular complexity index is 778. The molecule has 2 saturated heterocycles. The summed E-state index contributed by atoms with van der Waals surface area (Å²) < 4.78 is 5.07. The van der Waals surface area contributed by atoms with E-state index in [0.29, 0.717) is 63.4 Å². The van der Waals surface area contributed by atoms with E-state index in [-0.39, 0.29) is 35.7 Å². The number of carbonyl (C=O) groups is 3. The van der Waals surface area contributed by atoms with Crippen LogP contribution in [0.1, 0.15) is 62.2 Å². The third kappa shape index (κ3) is 6.29. The molecule has 0 radical (unpaired) electrons. The summed E-state index contributed by atoms with van der Waals surface area (Å²) in [6, 6.07) is 1.39. The van der Waals surface area contributed by atoms with E-state index in [1.54, 1.807) is 17.9 Å². The van der Waals surface area contributed by atoms with Crippen LogP contribution in [0.2, 0.25) is 0 Å². The molecule has 0 saturated carbocycles. The van der Waals surface area contributed by atoms with Crippen LogP contribution in [0.15, 0.2) is 10.6 Å². The van der Waals surface area contributed by atoms with Crippen LogP contribution in [-0.4, -0.2) is 77.5 Å². The van der Waals surface area contributed by atoms with Crippen molar-refractivity contribution in [1.82, 2.24) is 25.6 Å². The first-order valence-electron chi connectivity index (χ1n) is 11.4. The molecule has 0 aromatic carbocycles. The maximum absolute atomic E-state index is 13.0. The zero-order valence-electron chi connectivity index (χ0n) is 18.9. The van der Waals surface area contributed by atoms with Gasteiger partial charge in [-0.05, 0) is 38.5 Å². The van der Waals surface area contributed by atoms with Crippen molar-refractivity contribution in [3.05, 3.63) is 17.5 Å². The summed E-state index contributed by atoms with van der Waals surface area (Å²) >= 11 is 0. The second-order valence-corrected chi connectivity index (χ2v) is 9.00. The molecule has 1 aromatic heterocycles. The fraction of sp³-hybridized carbons (Fsp3) is 0.727. The van der Waals surface area contributed by atoms with Gasteiger partial charge in [0.1, 0.15) is 5.76 Å². The van der Waals surface area contributed by atoms with Gasteiger partial charge in [0.25, 0.3) is 5.91 Å². The topological polar surface area (TPSA) is 108 Å². The summed E-state index contributed by atoms with van der Waals surface area (Å²) in [5, 5.41) is 10.1. The van der Waals surface area contributed by atoms with E-state index >= 15 is 0 Å². The van der Waals surface area contributed by atoms with Gasteiger partial charge in [0, 0.05) is 51.3 Å². The van der Waals surface area contributed by atoms with Gasteiger partial charge >= 0.3 is 0 Å². The summed E-state index contributed by atoms with van der Waals surface area (Å²) in [5.41, 5.74) is 0.308. The molecular weight excluding hydrogens is 398 g/mol. The number of aryl methyl sites for hydroxylation is 1. The molecule has 172 valence electrons. The molecule has 2 N–H and O–H groups in total. The maximum Gasteiger partial charge on any atom is 0.276 e. The molecule has 9 heteroatoms. The van der Waals surface area contributed by atoms with Crippen molar-refractivity contribution in [2.75, 3.05) is 32.7 Å². The Labute approximate surface area is 183 Å². The molecule has 2 aliphatic rings. The molecule has 2 aliphatic heterocycles. The second kappa shape index (κ2) is 10.7. The Morgan fingerprint density at radius 1 is 1.23 bits per heavy atom. The van der Waals surface area contributed by atoms with Crippen LogP contribution in [0.3, 0.4) is 0 Å². The van der Waals surface area contributed by atoms with Crippen molar-refractivity contribution < 1.29 is 18.9 Å². The minimum atomic E-state index is -0.254. The van der Waals surface area contributed by atoms with Crippen LogP contribution >= 0.6 is 0 Å². The second-order valence-electron chi connectivity index (χ2n) is 9.00. The van der Waals surface area contributed by atoms with Gasteiger partial charge in [-0.2, -0.15) is 0 Å². The number of rotatable bonds is 3. The molecule has 0 aliphatic carbocycles. The highest BCUT2D eigenvalue weighted by Crippen LogP contribution is 2.18. The van der Waals surface area contributed by atoms with Crippen molar-refractivity contribution in [3.63, 3.8) is 0 Å². The van der Waals surface area contributed by atoms with Crippen molar-refractivity contribution in [2.45, 2.75) is 65.0 Å². The average Bonchev–Trinajstić information content (AvgIpc) is 3.37. The summed E-state index contributed by atoms with van der Waals surface area (Å²) in [7, 11) is 0. The summed E-state index contributed by atoms with van der Waals surface area (Å²) in [4.78, 5) is 42.1. The summed E-state index contributed by atoms with van der Waals surface area (Å²) in [5.74, 6) is 0.807. The lowest BCUT2D eigenvalue weighted by atomic mass is 10.1. The van der Waals surface area contributed by atoms with E-state index < -0.39 is 0 Å². The number of nitrogens with zero attached hydrogens (tertiary/aromatic N) is 3. The van der Waals surface area contributed by atoms with Crippen molar-refractivity contribution >= 4 is 17.7 Å². The van der Waals surface area contributed by atoms with Crippen molar-refractivity contribution in [1.29, 1.82) is 0 Å². The van der Waals surface area contributed by atoms with E-state index in [1.807, 2.05) is 18.7 Å². The largest absolute Gasteiger partial charge is 0.361 e. The summed E-state index contributed by atoms with van der Waals surface area (Å²) in [6.45, 7) is 8.70. The number of amides is 3. The average molecular weight is 434 g/mol. The van der Waals surface area contributed by atoms with Crippen LogP contribution in [0.4, 0.5) is 0 Å². The molecule has 2 fully saturated rings. The van der Waals surface area contributed by atoms with Crippen LogP contribution in [0.5, 0.6) is 0 Å². The fourth-order valence-electron chi connectivity index (χ4n) is 4.27. The van der Waals surface area contributed by atoms with Gasteiger partial charge in [0.15, 0.2) is 5.69 Å². The monoisotopic (exact) mass is 433 g/mol. The number of fused-ring (bicyclic) bond motifs is 2. The third-order valence-corrected chi connectivity index (χ3v) is 5.88. The van der Waals surface area contributed by atoms with Crippen molar-refractivity contribution in [2.24, 2.45) is 5.92 Å². The van der Waals surface area contributed by atoms with Gasteiger partial charge in [0.2, 0.25) is 11.8 Å². The first kappa shape index (κ1) is 23.2. The maximum atomic E-state index is 13.0. The Morgan fingerprint density at radius 3 is 2.71 bits per heavy atom. The lowest BCUT2D eigenvalue weighted by Crippen LogP contribution is -2.44. The predicted molar refractivity (Wildman–Crippen MR) is 115 cm³/mol. The van der Waals surface area contributed by atoms with Gasteiger partial charge in [-0.15, -0.1) is 0 Å². The van der Waals surface area contributed by atoms with Crippen LogP contribution in [-0.2, 0) is 9.59 Å². The number of nitrogens with one attached hydrogen (secondary N) is 2. The fourth-order valence-corrected chi connectivity index (χ4v) is 4.27.